The molecule has 0 N–H and O–H groups in total. The molecule has 4 nitrogen and oxygen atoms in total. The molecule has 0 radical (unpaired) electrons. The molecule has 2 rings (SSSR count). The fourth-order valence-electron chi connectivity index (χ4n) is 2.41. The van der Waals surface area contributed by atoms with Gasteiger partial charge in [-0.05, 0) is 24.8 Å². The molecule has 0 aliphatic carbocycles. The molecule has 0 aromatic carbocycles. The van der Waals surface area contributed by atoms with Crippen molar-refractivity contribution < 1.29 is 4.79 Å². The lowest BCUT2D eigenvalue weighted by atomic mass is 9.94. The molecule has 1 atom stereocenters. The maximum atomic E-state index is 11.6. The number of aryl methyl sites for hydroxylation is 1. The van der Waals surface area contributed by atoms with E-state index in [1.54, 1.807) is 0 Å². The van der Waals surface area contributed by atoms with E-state index >= 15 is 0 Å². The van der Waals surface area contributed by atoms with Crippen LogP contribution in [0, 0.1) is 5.92 Å². The second-order valence-electron chi connectivity index (χ2n) is 4.66. The van der Waals surface area contributed by atoms with Gasteiger partial charge in [0.2, 0.25) is 5.91 Å². The highest BCUT2D eigenvalue weighted by Gasteiger charge is 2.23. The highest BCUT2D eigenvalue weighted by atomic mass is 16.2. The summed E-state index contributed by atoms with van der Waals surface area (Å²) < 4.78 is 2.05. The molecule has 1 saturated heterocycles. The number of hydrogen-bond donors (Lipinski definition) is 0. The van der Waals surface area contributed by atoms with Gasteiger partial charge in [-0.25, -0.2) is 4.98 Å². The SMILES string of the molecule is C=CC(=O)N1CCC[C@@H](Cc2nccn2C)C1. The maximum absolute atomic E-state index is 11.6. The fourth-order valence-corrected chi connectivity index (χ4v) is 2.41. The van der Waals surface area contributed by atoms with Gasteiger partial charge in [-0.15, -0.1) is 0 Å². The second kappa shape index (κ2) is 5.17. The number of imidazole rings is 1. The van der Waals surface area contributed by atoms with Gasteiger partial charge in [-0.3, -0.25) is 4.79 Å². The molecular formula is C13H19N3O. The van der Waals surface area contributed by atoms with Gasteiger partial charge < -0.3 is 9.47 Å². The molecule has 1 amide bonds. The fraction of sp³-hybridized carbons (Fsp3) is 0.538. The van der Waals surface area contributed by atoms with Crippen molar-refractivity contribution in [3.8, 4) is 0 Å². The Kier molecular flexibility index (Phi) is 3.61. The Morgan fingerprint density at radius 2 is 2.53 bits per heavy atom. The summed E-state index contributed by atoms with van der Waals surface area (Å²) in [6.45, 7) is 5.24. The summed E-state index contributed by atoms with van der Waals surface area (Å²) in [5.74, 6) is 1.67. The lowest BCUT2D eigenvalue weighted by Crippen LogP contribution is -2.39. The normalized spacial score (nSPS) is 20.3. The monoisotopic (exact) mass is 233 g/mol. The summed E-state index contributed by atoms with van der Waals surface area (Å²) in [5.41, 5.74) is 0. The van der Waals surface area contributed by atoms with Gasteiger partial charge in [0, 0.05) is 39.0 Å². The molecule has 0 unspecified atom stereocenters. The van der Waals surface area contributed by atoms with Crippen LogP contribution < -0.4 is 0 Å². The van der Waals surface area contributed by atoms with E-state index in [0.29, 0.717) is 5.92 Å². The molecule has 0 spiro atoms. The minimum atomic E-state index is 0.0505. The molecule has 1 aromatic rings. The van der Waals surface area contributed by atoms with Crippen molar-refractivity contribution in [2.45, 2.75) is 19.3 Å². The third-order valence-corrected chi connectivity index (χ3v) is 3.40. The highest BCUT2D eigenvalue weighted by molar-refractivity contribution is 5.87. The van der Waals surface area contributed by atoms with Crippen molar-refractivity contribution in [1.82, 2.24) is 14.5 Å². The van der Waals surface area contributed by atoms with E-state index in [1.165, 1.54) is 12.5 Å². The van der Waals surface area contributed by atoms with Crippen molar-refractivity contribution in [3.05, 3.63) is 30.9 Å². The van der Waals surface area contributed by atoms with Crippen LogP contribution in [-0.4, -0.2) is 33.4 Å². The van der Waals surface area contributed by atoms with E-state index in [0.717, 1.165) is 31.8 Å². The minimum absolute atomic E-state index is 0.0505. The van der Waals surface area contributed by atoms with Crippen molar-refractivity contribution in [2.75, 3.05) is 13.1 Å². The predicted molar refractivity (Wildman–Crippen MR) is 66.4 cm³/mol. The zero-order valence-electron chi connectivity index (χ0n) is 10.3. The van der Waals surface area contributed by atoms with Crippen LogP contribution in [0.2, 0.25) is 0 Å². The smallest absolute Gasteiger partial charge is 0.245 e. The number of aromatic nitrogens is 2. The third-order valence-electron chi connectivity index (χ3n) is 3.40. The van der Waals surface area contributed by atoms with Crippen molar-refractivity contribution in [1.29, 1.82) is 0 Å². The summed E-state index contributed by atoms with van der Waals surface area (Å²) in [6, 6.07) is 0. The first kappa shape index (κ1) is 11.9. The van der Waals surface area contributed by atoms with Crippen LogP contribution in [0.25, 0.3) is 0 Å². The number of carbonyl (C=O) groups excluding carboxylic acids is 1. The molecule has 0 bridgehead atoms. The van der Waals surface area contributed by atoms with Crippen molar-refractivity contribution in [3.63, 3.8) is 0 Å². The quantitative estimate of drug-likeness (QED) is 0.740. The molecule has 1 aromatic heterocycles. The van der Waals surface area contributed by atoms with E-state index in [-0.39, 0.29) is 5.91 Å². The van der Waals surface area contributed by atoms with Gasteiger partial charge in [0.15, 0.2) is 0 Å². The Balaban J connectivity index is 1.96. The zero-order chi connectivity index (χ0) is 12.3. The largest absolute Gasteiger partial charge is 0.339 e. The number of carbonyl (C=O) groups is 1. The van der Waals surface area contributed by atoms with Crippen molar-refractivity contribution in [2.24, 2.45) is 13.0 Å². The van der Waals surface area contributed by atoms with E-state index in [4.69, 9.17) is 0 Å². The predicted octanol–water partition coefficient (Wildman–Crippen LogP) is 1.39. The Bertz CT molecular complexity index is 411. The molecular weight excluding hydrogens is 214 g/mol. The van der Waals surface area contributed by atoms with Crippen LogP contribution in [0.15, 0.2) is 25.0 Å². The van der Waals surface area contributed by atoms with Gasteiger partial charge in [0.05, 0.1) is 0 Å². The number of hydrogen-bond acceptors (Lipinski definition) is 2. The summed E-state index contributed by atoms with van der Waals surface area (Å²) in [4.78, 5) is 17.8. The Hall–Kier alpha value is -1.58. The van der Waals surface area contributed by atoms with Gasteiger partial charge in [0.1, 0.15) is 5.82 Å². The number of amides is 1. The second-order valence-corrected chi connectivity index (χ2v) is 4.66. The van der Waals surface area contributed by atoms with Gasteiger partial charge in [-0.2, -0.15) is 0 Å². The maximum Gasteiger partial charge on any atom is 0.245 e. The first-order chi connectivity index (χ1) is 8.20. The molecule has 1 aliphatic heterocycles. The molecule has 17 heavy (non-hydrogen) atoms. The van der Waals surface area contributed by atoms with E-state index < -0.39 is 0 Å². The van der Waals surface area contributed by atoms with Gasteiger partial charge >= 0.3 is 0 Å². The van der Waals surface area contributed by atoms with Crippen LogP contribution in [0.1, 0.15) is 18.7 Å². The molecule has 1 fully saturated rings. The molecule has 1 aliphatic rings. The minimum Gasteiger partial charge on any atom is -0.339 e. The lowest BCUT2D eigenvalue weighted by molar-refractivity contribution is -0.127. The number of rotatable bonds is 3. The lowest BCUT2D eigenvalue weighted by Gasteiger charge is -2.31. The molecule has 0 saturated carbocycles. The number of nitrogens with zero attached hydrogens (tertiary/aromatic N) is 3. The van der Waals surface area contributed by atoms with Crippen molar-refractivity contribution >= 4 is 5.91 Å². The summed E-state index contributed by atoms with van der Waals surface area (Å²) >= 11 is 0. The Morgan fingerprint density at radius 3 is 3.18 bits per heavy atom. The number of likely N-dealkylation sites (tertiary alicyclic amines) is 1. The van der Waals surface area contributed by atoms with E-state index in [9.17, 15) is 4.79 Å². The summed E-state index contributed by atoms with van der Waals surface area (Å²) in [6.07, 6.45) is 8.39. The Morgan fingerprint density at radius 1 is 1.71 bits per heavy atom. The average molecular weight is 233 g/mol. The zero-order valence-corrected chi connectivity index (χ0v) is 10.3. The first-order valence-electron chi connectivity index (χ1n) is 6.08. The summed E-state index contributed by atoms with van der Waals surface area (Å²) in [7, 11) is 2.01. The molecule has 4 heteroatoms. The van der Waals surface area contributed by atoms with E-state index in [2.05, 4.69) is 11.6 Å². The van der Waals surface area contributed by atoms with Crippen LogP contribution in [0.4, 0.5) is 0 Å². The summed E-state index contributed by atoms with van der Waals surface area (Å²) in [5, 5.41) is 0. The van der Waals surface area contributed by atoms with Crippen LogP contribution in [-0.2, 0) is 18.3 Å². The Labute approximate surface area is 102 Å². The standard InChI is InChI=1S/C13H19N3O/c1-3-13(17)16-7-4-5-11(10-16)9-12-14-6-8-15(12)2/h3,6,8,11H,1,4-5,7,9-10H2,2H3/t11-/m0/s1. The molecule has 2 heterocycles. The highest BCUT2D eigenvalue weighted by Crippen LogP contribution is 2.20. The topological polar surface area (TPSA) is 38.1 Å². The van der Waals surface area contributed by atoms with Crippen LogP contribution in [0.3, 0.4) is 0 Å². The van der Waals surface area contributed by atoms with Gasteiger partial charge in [0.25, 0.3) is 0 Å². The van der Waals surface area contributed by atoms with Crippen LogP contribution in [0.5, 0.6) is 0 Å². The van der Waals surface area contributed by atoms with Crippen LogP contribution >= 0.6 is 0 Å². The average Bonchev–Trinajstić information content (AvgIpc) is 2.74. The third kappa shape index (κ3) is 2.75. The van der Waals surface area contributed by atoms with Gasteiger partial charge in [-0.1, -0.05) is 6.58 Å². The number of piperidine rings is 1. The molecule has 92 valence electrons. The van der Waals surface area contributed by atoms with E-state index in [1.807, 2.05) is 28.9 Å². The first-order valence-corrected chi connectivity index (χ1v) is 6.08.